The number of fused-ring (bicyclic) bond motifs is 1. The fraction of sp³-hybridized carbons (Fsp3) is 0.296. The van der Waals surface area contributed by atoms with Crippen LogP contribution in [-0.2, 0) is 6.42 Å². The molecule has 0 spiro atoms. The van der Waals surface area contributed by atoms with Gasteiger partial charge in [0.05, 0.1) is 12.7 Å². The van der Waals surface area contributed by atoms with Crippen LogP contribution in [0.25, 0.3) is 22.3 Å². The number of allylic oxidation sites excluding steroid dienone is 4. The molecule has 1 aromatic heterocycles. The van der Waals surface area contributed by atoms with Gasteiger partial charge in [0.25, 0.3) is 0 Å². The van der Waals surface area contributed by atoms with E-state index in [0.717, 1.165) is 24.0 Å². The average molecular weight is 435 g/mol. The zero-order chi connectivity index (χ0) is 23.4. The third-order valence-electron chi connectivity index (χ3n) is 5.41. The fourth-order valence-corrected chi connectivity index (χ4v) is 3.67. The molecular weight excluding hydrogens is 404 g/mol. The minimum Gasteiger partial charge on any atom is -0.507 e. The lowest BCUT2D eigenvalue weighted by molar-refractivity contribution is 0.407. The summed E-state index contributed by atoms with van der Waals surface area (Å²) < 4.78 is 11.3. The molecule has 0 aliphatic rings. The first-order valence-electron chi connectivity index (χ1n) is 10.7. The molecule has 3 rings (SSSR count). The summed E-state index contributed by atoms with van der Waals surface area (Å²) in [5.74, 6) is 0.638. The maximum absolute atomic E-state index is 13.4. The first kappa shape index (κ1) is 23.2. The van der Waals surface area contributed by atoms with Crippen LogP contribution in [0.2, 0.25) is 0 Å². The molecule has 0 amide bonds. The second kappa shape index (κ2) is 9.77. The minimum atomic E-state index is -0.303. The lowest BCUT2D eigenvalue weighted by Gasteiger charge is -2.13. The van der Waals surface area contributed by atoms with Gasteiger partial charge in [-0.1, -0.05) is 23.3 Å². The number of aromatic hydroxyl groups is 2. The Bertz CT molecular complexity index is 1260. The van der Waals surface area contributed by atoms with Crippen LogP contribution in [0.1, 0.15) is 44.7 Å². The van der Waals surface area contributed by atoms with E-state index in [-0.39, 0.29) is 27.9 Å². The highest BCUT2D eigenvalue weighted by molar-refractivity contribution is 5.87. The van der Waals surface area contributed by atoms with Crippen molar-refractivity contribution in [2.24, 2.45) is 0 Å². The Morgan fingerprint density at radius 1 is 1.06 bits per heavy atom. The number of rotatable bonds is 7. The van der Waals surface area contributed by atoms with Crippen molar-refractivity contribution >= 4 is 11.0 Å². The summed E-state index contributed by atoms with van der Waals surface area (Å²) in [7, 11) is 1.52. The van der Waals surface area contributed by atoms with Crippen LogP contribution in [0, 0.1) is 6.92 Å². The van der Waals surface area contributed by atoms with Crippen molar-refractivity contribution in [1.82, 2.24) is 0 Å². The Labute approximate surface area is 188 Å². The molecule has 3 aromatic rings. The van der Waals surface area contributed by atoms with Gasteiger partial charge in [-0.3, -0.25) is 4.79 Å². The van der Waals surface area contributed by atoms with Gasteiger partial charge in [0.1, 0.15) is 34.0 Å². The lowest BCUT2D eigenvalue weighted by Crippen LogP contribution is -2.11. The minimum absolute atomic E-state index is 0.0470. The summed E-state index contributed by atoms with van der Waals surface area (Å²) in [4.78, 5) is 13.4. The van der Waals surface area contributed by atoms with Crippen LogP contribution in [0.3, 0.4) is 0 Å². The number of hydrogen-bond acceptors (Lipinski definition) is 5. The molecule has 0 bridgehead atoms. The van der Waals surface area contributed by atoms with E-state index in [9.17, 15) is 15.0 Å². The van der Waals surface area contributed by atoms with Crippen molar-refractivity contribution in [2.75, 3.05) is 7.11 Å². The van der Waals surface area contributed by atoms with Crippen molar-refractivity contribution in [3.8, 4) is 28.6 Å². The molecule has 0 fully saturated rings. The maximum atomic E-state index is 13.4. The van der Waals surface area contributed by atoms with Crippen LogP contribution >= 0.6 is 0 Å². The molecule has 1 heterocycles. The Kier molecular flexibility index (Phi) is 7.08. The van der Waals surface area contributed by atoms with Crippen molar-refractivity contribution in [3.63, 3.8) is 0 Å². The van der Waals surface area contributed by atoms with Crippen LogP contribution in [0.5, 0.6) is 17.2 Å². The molecule has 0 radical (unpaired) electrons. The van der Waals surface area contributed by atoms with Gasteiger partial charge in [-0.05, 0) is 76.8 Å². The average Bonchev–Trinajstić information content (AvgIpc) is 2.71. The largest absolute Gasteiger partial charge is 0.507 e. The van der Waals surface area contributed by atoms with Crippen molar-refractivity contribution < 1.29 is 19.4 Å². The van der Waals surface area contributed by atoms with E-state index in [1.807, 2.05) is 19.9 Å². The molecule has 0 aliphatic heterocycles. The highest BCUT2D eigenvalue weighted by atomic mass is 16.5. The maximum Gasteiger partial charge on any atom is 0.200 e. The van der Waals surface area contributed by atoms with Gasteiger partial charge < -0.3 is 19.4 Å². The number of phenols is 2. The first-order valence-corrected chi connectivity index (χ1v) is 10.7. The van der Waals surface area contributed by atoms with Gasteiger partial charge in [-0.2, -0.15) is 0 Å². The van der Waals surface area contributed by atoms with Crippen LogP contribution < -0.4 is 10.2 Å². The zero-order valence-electron chi connectivity index (χ0n) is 19.3. The molecule has 5 nitrogen and oxygen atoms in total. The molecule has 0 saturated heterocycles. The van der Waals surface area contributed by atoms with Gasteiger partial charge in [-0.15, -0.1) is 0 Å². The first-order chi connectivity index (χ1) is 15.2. The quantitative estimate of drug-likeness (QED) is 0.419. The summed E-state index contributed by atoms with van der Waals surface area (Å²) in [5, 5.41) is 21.2. The van der Waals surface area contributed by atoms with Gasteiger partial charge in [-0.25, -0.2) is 0 Å². The standard InChI is InChI=1S/C27H30O5/c1-16(2)7-6-8-17(3)9-11-21-26(30)25-23(29)13-18(4)14-24(25)32-27(21)20-12-10-19(31-5)15-22(20)28/h7,9-10,12-15,28-29H,6,8,11H2,1-5H3/b17-9+. The topological polar surface area (TPSA) is 79.9 Å². The summed E-state index contributed by atoms with van der Waals surface area (Å²) in [6.07, 6.45) is 6.34. The van der Waals surface area contributed by atoms with E-state index in [0.29, 0.717) is 29.1 Å². The van der Waals surface area contributed by atoms with Gasteiger partial charge in [0.15, 0.2) is 0 Å². The third kappa shape index (κ3) is 5.05. The van der Waals surface area contributed by atoms with E-state index < -0.39 is 0 Å². The van der Waals surface area contributed by atoms with Crippen molar-refractivity contribution in [1.29, 1.82) is 0 Å². The molecule has 5 heteroatoms. The van der Waals surface area contributed by atoms with Gasteiger partial charge in [0.2, 0.25) is 5.43 Å². The normalized spacial score (nSPS) is 11.6. The molecule has 0 aliphatic carbocycles. The molecule has 2 aromatic carbocycles. The summed E-state index contributed by atoms with van der Waals surface area (Å²) in [6, 6.07) is 8.12. The predicted octanol–water partition coefficient (Wildman–Crippen LogP) is 6.42. The zero-order valence-corrected chi connectivity index (χ0v) is 19.3. The SMILES string of the molecule is COc1ccc(-c2oc3cc(C)cc(O)c3c(=O)c2C/C=C(\C)CCC=C(C)C)c(O)c1. The summed E-state index contributed by atoms with van der Waals surface area (Å²) in [6.45, 7) is 7.99. The fourth-order valence-electron chi connectivity index (χ4n) is 3.67. The highest BCUT2D eigenvalue weighted by Gasteiger charge is 2.20. The number of benzene rings is 2. The van der Waals surface area contributed by atoms with Gasteiger partial charge >= 0.3 is 0 Å². The smallest absolute Gasteiger partial charge is 0.200 e. The van der Waals surface area contributed by atoms with Crippen LogP contribution in [-0.4, -0.2) is 17.3 Å². The highest BCUT2D eigenvalue weighted by Crippen LogP contribution is 2.37. The monoisotopic (exact) mass is 434 g/mol. The van der Waals surface area contributed by atoms with Crippen LogP contribution in [0.15, 0.2) is 62.8 Å². The summed E-state index contributed by atoms with van der Waals surface area (Å²) >= 11 is 0. The summed E-state index contributed by atoms with van der Waals surface area (Å²) in [5.41, 5.74) is 3.96. The van der Waals surface area contributed by atoms with E-state index >= 15 is 0 Å². The molecular formula is C27H30O5. The molecule has 32 heavy (non-hydrogen) atoms. The Balaban J connectivity index is 2.16. The van der Waals surface area contributed by atoms with E-state index in [1.54, 1.807) is 24.3 Å². The second-order valence-electron chi connectivity index (χ2n) is 8.35. The molecule has 0 saturated carbocycles. The van der Waals surface area contributed by atoms with E-state index in [1.165, 1.54) is 18.7 Å². The Morgan fingerprint density at radius 3 is 2.47 bits per heavy atom. The number of aryl methyl sites for hydroxylation is 1. The van der Waals surface area contributed by atoms with Crippen molar-refractivity contribution in [2.45, 2.75) is 47.0 Å². The molecule has 168 valence electrons. The Hall–Kier alpha value is -3.47. The van der Waals surface area contributed by atoms with E-state index in [2.05, 4.69) is 19.9 Å². The second-order valence-corrected chi connectivity index (χ2v) is 8.35. The molecule has 0 atom stereocenters. The number of hydrogen-bond donors (Lipinski definition) is 2. The van der Waals surface area contributed by atoms with Gasteiger partial charge in [0, 0.05) is 11.6 Å². The number of ether oxygens (including phenoxy) is 1. The van der Waals surface area contributed by atoms with Crippen LogP contribution in [0.4, 0.5) is 0 Å². The number of methoxy groups -OCH3 is 1. The molecule has 2 N–H and O–H groups in total. The third-order valence-corrected chi connectivity index (χ3v) is 5.41. The predicted molar refractivity (Wildman–Crippen MR) is 129 cm³/mol. The van der Waals surface area contributed by atoms with Crippen molar-refractivity contribution in [3.05, 3.63) is 75.0 Å². The molecule has 0 unspecified atom stereocenters. The Morgan fingerprint density at radius 2 is 1.81 bits per heavy atom. The van der Waals surface area contributed by atoms with E-state index in [4.69, 9.17) is 9.15 Å². The lowest BCUT2D eigenvalue weighted by atomic mass is 9.99. The number of phenolic OH excluding ortho intramolecular Hbond substituents is 2.